The maximum Gasteiger partial charge on any atom is 0.126 e. The first-order chi connectivity index (χ1) is 9.49. The summed E-state index contributed by atoms with van der Waals surface area (Å²) in [5.41, 5.74) is 1.78. The van der Waals surface area contributed by atoms with E-state index >= 15 is 0 Å². The van der Waals surface area contributed by atoms with E-state index < -0.39 is 0 Å². The van der Waals surface area contributed by atoms with Gasteiger partial charge in [-0.2, -0.15) is 0 Å². The highest BCUT2D eigenvalue weighted by molar-refractivity contribution is 5.25. The molecule has 1 aliphatic carbocycles. The fourth-order valence-corrected chi connectivity index (χ4v) is 3.46. The summed E-state index contributed by atoms with van der Waals surface area (Å²) in [6, 6.07) is 6.39. The molecule has 2 rings (SSSR count). The predicted octanol–water partition coefficient (Wildman–Crippen LogP) is 5.00. The third-order valence-corrected chi connectivity index (χ3v) is 4.84. The number of aryl methyl sites for hydroxylation is 1. The van der Waals surface area contributed by atoms with E-state index in [4.69, 9.17) is 0 Å². The van der Waals surface area contributed by atoms with Gasteiger partial charge in [0.15, 0.2) is 0 Å². The average molecular weight is 277 g/mol. The highest BCUT2D eigenvalue weighted by Gasteiger charge is 2.28. The van der Waals surface area contributed by atoms with Crippen molar-refractivity contribution in [2.75, 3.05) is 0 Å². The number of hydrogen-bond donors (Lipinski definition) is 1. The fraction of sp³-hybridized carbons (Fsp3) is 0.667. The van der Waals surface area contributed by atoms with Crippen molar-refractivity contribution in [1.29, 1.82) is 0 Å². The number of benzene rings is 1. The quantitative estimate of drug-likeness (QED) is 0.816. The zero-order valence-electron chi connectivity index (χ0n) is 13.2. The number of halogens is 1. The molecule has 1 N–H and O–H groups in total. The Bertz CT molecular complexity index is 441. The van der Waals surface area contributed by atoms with Crippen LogP contribution in [0, 0.1) is 24.6 Å². The van der Waals surface area contributed by atoms with Crippen LogP contribution in [0.4, 0.5) is 4.39 Å². The van der Waals surface area contributed by atoms with Gasteiger partial charge in [0.25, 0.3) is 0 Å². The van der Waals surface area contributed by atoms with Crippen molar-refractivity contribution >= 4 is 0 Å². The lowest BCUT2D eigenvalue weighted by atomic mass is 9.77. The first-order valence-corrected chi connectivity index (χ1v) is 8.01. The second-order valence-electron chi connectivity index (χ2n) is 6.70. The molecule has 3 unspecified atom stereocenters. The maximum absolute atomic E-state index is 13.7. The predicted molar refractivity (Wildman–Crippen MR) is 83.3 cm³/mol. The molecular formula is C18H28FN. The van der Waals surface area contributed by atoms with Gasteiger partial charge in [-0.1, -0.05) is 38.8 Å². The van der Waals surface area contributed by atoms with E-state index in [2.05, 4.69) is 26.1 Å². The Hall–Kier alpha value is -0.890. The van der Waals surface area contributed by atoms with Crippen LogP contribution in [0.3, 0.4) is 0 Å². The summed E-state index contributed by atoms with van der Waals surface area (Å²) in [6.07, 6.45) is 5.25. The van der Waals surface area contributed by atoms with Crippen LogP contribution in [0.15, 0.2) is 18.2 Å². The third kappa shape index (κ3) is 3.60. The van der Waals surface area contributed by atoms with Gasteiger partial charge < -0.3 is 5.32 Å². The fourth-order valence-electron chi connectivity index (χ4n) is 3.46. The third-order valence-electron chi connectivity index (χ3n) is 4.84. The van der Waals surface area contributed by atoms with Gasteiger partial charge in [0.05, 0.1) is 0 Å². The Balaban J connectivity index is 2.05. The van der Waals surface area contributed by atoms with Crippen LogP contribution in [0.5, 0.6) is 0 Å². The first-order valence-electron chi connectivity index (χ1n) is 8.01. The number of rotatable bonds is 4. The molecule has 1 aromatic carbocycles. The molecule has 0 aliphatic heterocycles. The molecule has 0 radical (unpaired) electrons. The highest BCUT2D eigenvalue weighted by Crippen LogP contribution is 2.31. The molecule has 2 heteroatoms. The molecule has 0 spiro atoms. The summed E-state index contributed by atoms with van der Waals surface area (Å²) in [4.78, 5) is 0. The monoisotopic (exact) mass is 277 g/mol. The molecule has 0 bridgehead atoms. The second kappa shape index (κ2) is 6.71. The molecule has 3 atom stereocenters. The second-order valence-corrected chi connectivity index (χ2v) is 6.70. The van der Waals surface area contributed by atoms with Crippen LogP contribution >= 0.6 is 0 Å². The normalized spacial score (nSPS) is 24.9. The molecule has 0 heterocycles. The van der Waals surface area contributed by atoms with Crippen molar-refractivity contribution in [2.24, 2.45) is 11.8 Å². The van der Waals surface area contributed by atoms with Crippen LogP contribution in [0.25, 0.3) is 0 Å². The molecule has 0 amide bonds. The Morgan fingerprint density at radius 1 is 1.15 bits per heavy atom. The van der Waals surface area contributed by atoms with Gasteiger partial charge in [0.1, 0.15) is 5.82 Å². The van der Waals surface area contributed by atoms with E-state index in [0.717, 1.165) is 23.0 Å². The molecule has 1 aliphatic rings. The van der Waals surface area contributed by atoms with E-state index in [1.165, 1.54) is 25.7 Å². The van der Waals surface area contributed by atoms with Gasteiger partial charge in [-0.25, -0.2) is 4.39 Å². The van der Waals surface area contributed by atoms with Gasteiger partial charge >= 0.3 is 0 Å². The lowest BCUT2D eigenvalue weighted by Crippen LogP contribution is -2.42. The van der Waals surface area contributed by atoms with Gasteiger partial charge in [-0.05, 0) is 55.7 Å². The van der Waals surface area contributed by atoms with Crippen LogP contribution < -0.4 is 5.32 Å². The zero-order valence-corrected chi connectivity index (χ0v) is 13.2. The van der Waals surface area contributed by atoms with Crippen molar-refractivity contribution in [3.63, 3.8) is 0 Å². The van der Waals surface area contributed by atoms with Crippen molar-refractivity contribution in [3.05, 3.63) is 35.1 Å². The Morgan fingerprint density at radius 2 is 1.85 bits per heavy atom. The molecule has 0 saturated heterocycles. The molecule has 112 valence electrons. The van der Waals surface area contributed by atoms with Crippen molar-refractivity contribution < 1.29 is 4.39 Å². The number of nitrogens with one attached hydrogen (secondary N) is 1. The molecule has 1 nitrogen and oxygen atoms in total. The Kier molecular flexibility index (Phi) is 5.20. The Labute approximate surface area is 123 Å². The molecule has 0 aromatic heterocycles. The topological polar surface area (TPSA) is 12.0 Å². The van der Waals surface area contributed by atoms with E-state index in [1.54, 1.807) is 6.07 Å². The summed E-state index contributed by atoms with van der Waals surface area (Å²) in [5, 5.41) is 3.75. The molecule has 20 heavy (non-hydrogen) atoms. The lowest BCUT2D eigenvalue weighted by molar-refractivity contribution is 0.195. The van der Waals surface area contributed by atoms with Gasteiger partial charge in [0, 0.05) is 12.1 Å². The van der Waals surface area contributed by atoms with E-state index in [-0.39, 0.29) is 11.9 Å². The van der Waals surface area contributed by atoms with Crippen molar-refractivity contribution in [2.45, 2.75) is 65.5 Å². The summed E-state index contributed by atoms with van der Waals surface area (Å²) >= 11 is 0. The highest BCUT2D eigenvalue weighted by atomic mass is 19.1. The molecule has 1 aromatic rings. The summed E-state index contributed by atoms with van der Waals surface area (Å²) in [7, 11) is 0. The zero-order chi connectivity index (χ0) is 14.7. The van der Waals surface area contributed by atoms with E-state index in [0.29, 0.717) is 6.04 Å². The minimum absolute atomic E-state index is 0.0970. The first kappa shape index (κ1) is 15.5. The van der Waals surface area contributed by atoms with Crippen molar-refractivity contribution in [3.8, 4) is 0 Å². The lowest BCUT2D eigenvalue weighted by Gasteiger charge is -2.37. The van der Waals surface area contributed by atoms with Crippen LogP contribution in [0.2, 0.25) is 0 Å². The minimum Gasteiger partial charge on any atom is -0.307 e. The standard InChI is InChI=1S/C18H28FN/c1-12(2)16-7-5-6-8-18(16)20-14(4)15-10-9-13(3)17(19)11-15/h9-12,14,16,18,20H,5-8H2,1-4H3. The maximum atomic E-state index is 13.7. The van der Waals surface area contributed by atoms with Gasteiger partial charge in [0.2, 0.25) is 0 Å². The van der Waals surface area contributed by atoms with Crippen LogP contribution in [-0.2, 0) is 0 Å². The number of hydrogen-bond acceptors (Lipinski definition) is 1. The van der Waals surface area contributed by atoms with E-state index in [9.17, 15) is 4.39 Å². The summed E-state index contributed by atoms with van der Waals surface area (Å²) < 4.78 is 13.7. The van der Waals surface area contributed by atoms with Gasteiger partial charge in [-0.3, -0.25) is 0 Å². The molecule has 1 fully saturated rings. The smallest absolute Gasteiger partial charge is 0.126 e. The molecule has 1 saturated carbocycles. The minimum atomic E-state index is -0.0970. The van der Waals surface area contributed by atoms with Gasteiger partial charge in [-0.15, -0.1) is 0 Å². The average Bonchev–Trinajstić information content (AvgIpc) is 2.42. The largest absolute Gasteiger partial charge is 0.307 e. The summed E-state index contributed by atoms with van der Waals surface area (Å²) in [6.45, 7) is 8.60. The van der Waals surface area contributed by atoms with E-state index in [1.807, 2.05) is 19.1 Å². The van der Waals surface area contributed by atoms with Crippen LogP contribution in [0.1, 0.15) is 63.6 Å². The van der Waals surface area contributed by atoms with Crippen LogP contribution in [-0.4, -0.2) is 6.04 Å². The van der Waals surface area contributed by atoms with Crippen molar-refractivity contribution in [1.82, 2.24) is 5.32 Å². The molecular weight excluding hydrogens is 249 g/mol. The summed E-state index contributed by atoms with van der Waals surface area (Å²) in [5.74, 6) is 1.37. The Morgan fingerprint density at radius 3 is 2.50 bits per heavy atom. The SMILES string of the molecule is Cc1ccc(C(C)NC2CCCCC2C(C)C)cc1F.